The fraction of sp³-hybridized carbons (Fsp3) is 0.400. The molecule has 0 bridgehead atoms. The van der Waals surface area contributed by atoms with Crippen molar-refractivity contribution in [2.45, 2.75) is 31.7 Å². The van der Waals surface area contributed by atoms with Crippen LogP contribution in [0.5, 0.6) is 0 Å². The highest BCUT2D eigenvalue weighted by Gasteiger charge is 2.24. The lowest BCUT2D eigenvalue weighted by atomic mass is 10.1. The van der Waals surface area contributed by atoms with Gasteiger partial charge < -0.3 is 15.1 Å². The minimum Gasteiger partial charge on any atom is -0.468 e. The van der Waals surface area contributed by atoms with E-state index in [4.69, 9.17) is 9.68 Å². The van der Waals surface area contributed by atoms with Crippen LogP contribution in [0.4, 0.5) is 10.5 Å². The van der Waals surface area contributed by atoms with Gasteiger partial charge in [-0.3, -0.25) is 4.90 Å². The molecule has 1 aliphatic heterocycles. The normalized spacial score (nSPS) is 15.8. The van der Waals surface area contributed by atoms with E-state index in [0.717, 1.165) is 24.4 Å². The summed E-state index contributed by atoms with van der Waals surface area (Å²) in [4.78, 5) is 14.6. The number of furan rings is 1. The van der Waals surface area contributed by atoms with E-state index in [1.54, 1.807) is 18.4 Å². The Balaban J connectivity index is 1.56. The van der Waals surface area contributed by atoms with Gasteiger partial charge in [-0.15, -0.1) is 0 Å². The van der Waals surface area contributed by atoms with Crippen molar-refractivity contribution in [2.24, 2.45) is 0 Å². The zero-order valence-electron chi connectivity index (χ0n) is 14.8. The molecule has 1 unspecified atom stereocenters. The van der Waals surface area contributed by atoms with Gasteiger partial charge in [-0.25, -0.2) is 4.79 Å². The molecule has 1 saturated heterocycles. The van der Waals surface area contributed by atoms with Crippen molar-refractivity contribution in [3.05, 3.63) is 54.0 Å². The van der Waals surface area contributed by atoms with E-state index in [1.165, 1.54) is 19.3 Å². The van der Waals surface area contributed by atoms with Gasteiger partial charge in [0.1, 0.15) is 5.76 Å². The van der Waals surface area contributed by atoms with Crippen molar-refractivity contribution < 1.29 is 9.21 Å². The average molecular weight is 352 g/mol. The molecule has 2 N–H and O–H groups in total. The third kappa shape index (κ3) is 4.87. The second-order valence-corrected chi connectivity index (χ2v) is 6.49. The smallest absolute Gasteiger partial charge is 0.319 e. The molecular formula is C20H24N4O2. The number of hydrogen-bond donors (Lipinski definition) is 2. The SMILES string of the molecule is N#CCc1ccc(NC(=O)NCC(c2ccco2)N2CCCCC2)cc1. The molecule has 1 aromatic carbocycles. The summed E-state index contributed by atoms with van der Waals surface area (Å²) < 4.78 is 5.60. The number of piperidine rings is 1. The van der Waals surface area contributed by atoms with Crippen LogP contribution in [0.3, 0.4) is 0 Å². The van der Waals surface area contributed by atoms with E-state index in [0.29, 0.717) is 18.7 Å². The zero-order chi connectivity index (χ0) is 18.2. The van der Waals surface area contributed by atoms with Crippen LogP contribution in [0.2, 0.25) is 0 Å². The Kier molecular flexibility index (Phi) is 6.29. The van der Waals surface area contributed by atoms with Crippen molar-refractivity contribution in [2.75, 3.05) is 25.0 Å². The molecular weight excluding hydrogens is 328 g/mol. The van der Waals surface area contributed by atoms with E-state index in [9.17, 15) is 4.79 Å². The minimum atomic E-state index is -0.244. The topological polar surface area (TPSA) is 81.3 Å². The number of nitriles is 1. The highest BCUT2D eigenvalue weighted by Crippen LogP contribution is 2.24. The van der Waals surface area contributed by atoms with Crippen LogP contribution in [0.1, 0.15) is 36.6 Å². The summed E-state index contributed by atoms with van der Waals surface area (Å²) in [5.41, 5.74) is 1.64. The molecule has 1 aromatic heterocycles. The molecule has 1 fully saturated rings. The first-order chi connectivity index (χ1) is 12.8. The van der Waals surface area contributed by atoms with Gasteiger partial charge in [0, 0.05) is 12.2 Å². The first kappa shape index (κ1) is 18.0. The van der Waals surface area contributed by atoms with Gasteiger partial charge in [0.2, 0.25) is 0 Å². The molecule has 2 amide bonds. The first-order valence-electron chi connectivity index (χ1n) is 9.04. The Labute approximate surface area is 153 Å². The van der Waals surface area contributed by atoms with Gasteiger partial charge in [0.15, 0.2) is 0 Å². The van der Waals surface area contributed by atoms with Gasteiger partial charge in [-0.1, -0.05) is 18.6 Å². The van der Waals surface area contributed by atoms with Crippen LogP contribution in [-0.2, 0) is 6.42 Å². The predicted molar refractivity (Wildman–Crippen MR) is 99.7 cm³/mol. The number of carbonyl (C=O) groups is 1. The van der Waals surface area contributed by atoms with Crippen molar-refractivity contribution in [1.82, 2.24) is 10.2 Å². The number of benzene rings is 1. The summed E-state index contributed by atoms with van der Waals surface area (Å²) >= 11 is 0. The molecule has 0 aliphatic carbocycles. The van der Waals surface area contributed by atoms with E-state index in [-0.39, 0.29) is 12.1 Å². The minimum absolute atomic E-state index is 0.0501. The molecule has 1 aliphatic rings. The highest BCUT2D eigenvalue weighted by atomic mass is 16.3. The maximum absolute atomic E-state index is 12.3. The lowest BCUT2D eigenvalue weighted by Gasteiger charge is -2.33. The van der Waals surface area contributed by atoms with Crippen LogP contribution in [0, 0.1) is 11.3 Å². The number of anilines is 1. The molecule has 3 rings (SSSR count). The fourth-order valence-electron chi connectivity index (χ4n) is 3.28. The molecule has 0 saturated carbocycles. The lowest BCUT2D eigenvalue weighted by molar-refractivity contribution is 0.144. The Morgan fingerprint density at radius 3 is 2.62 bits per heavy atom. The standard InChI is InChI=1S/C20H24N4O2/c21-11-10-16-6-8-17(9-7-16)23-20(25)22-15-18(19-5-4-14-26-19)24-12-2-1-3-13-24/h4-9,14,18H,1-3,10,12-13,15H2,(H2,22,23,25). The maximum Gasteiger partial charge on any atom is 0.319 e. The Hall–Kier alpha value is -2.78. The monoisotopic (exact) mass is 352 g/mol. The molecule has 26 heavy (non-hydrogen) atoms. The van der Waals surface area contributed by atoms with Gasteiger partial charge in [0.05, 0.1) is 24.8 Å². The zero-order valence-corrected chi connectivity index (χ0v) is 14.8. The number of hydrogen-bond acceptors (Lipinski definition) is 4. The molecule has 1 atom stereocenters. The molecule has 0 radical (unpaired) electrons. The van der Waals surface area contributed by atoms with Crippen molar-refractivity contribution >= 4 is 11.7 Å². The largest absolute Gasteiger partial charge is 0.468 e. The highest BCUT2D eigenvalue weighted by molar-refractivity contribution is 5.89. The Morgan fingerprint density at radius 1 is 1.19 bits per heavy atom. The third-order valence-electron chi connectivity index (χ3n) is 4.65. The van der Waals surface area contributed by atoms with Crippen LogP contribution >= 0.6 is 0 Å². The van der Waals surface area contributed by atoms with E-state index in [1.807, 2.05) is 24.3 Å². The van der Waals surface area contributed by atoms with Gasteiger partial charge in [-0.05, 0) is 55.8 Å². The predicted octanol–water partition coefficient (Wildman–Crippen LogP) is 3.69. The summed E-state index contributed by atoms with van der Waals surface area (Å²) in [5.74, 6) is 0.882. The Bertz CT molecular complexity index is 728. The number of carbonyl (C=O) groups excluding carboxylic acids is 1. The van der Waals surface area contributed by atoms with Crippen molar-refractivity contribution in [3.63, 3.8) is 0 Å². The summed E-state index contributed by atoms with van der Waals surface area (Å²) in [6.45, 7) is 2.54. The summed E-state index contributed by atoms with van der Waals surface area (Å²) in [6, 6.07) is 13.1. The third-order valence-corrected chi connectivity index (χ3v) is 4.65. The van der Waals surface area contributed by atoms with Crippen molar-refractivity contribution in [3.8, 4) is 6.07 Å². The number of amides is 2. The first-order valence-corrected chi connectivity index (χ1v) is 9.04. The summed E-state index contributed by atoms with van der Waals surface area (Å²) in [6.07, 6.45) is 5.66. The van der Waals surface area contributed by atoms with E-state index < -0.39 is 0 Å². The fourth-order valence-corrected chi connectivity index (χ4v) is 3.28. The van der Waals surface area contributed by atoms with Gasteiger partial charge in [-0.2, -0.15) is 5.26 Å². The van der Waals surface area contributed by atoms with E-state index >= 15 is 0 Å². The second kappa shape index (κ2) is 9.07. The molecule has 6 heteroatoms. The number of nitrogens with one attached hydrogen (secondary N) is 2. The number of likely N-dealkylation sites (tertiary alicyclic amines) is 1. The second-order valence-electron chi connectivity index (χ2n) is 6.49. The Morgan fingerprint density at radius 2 is 1.96 bits per heavy atom. The molecule has 6 nitrogen and oxygen atoms in total. The van der Waals surface area contributed by atoms with Crippen LogP contribution in [0.25, 0.3) is 0 Å². The summed E-state index contributed by atoms with van der Waals surface area (Å²) in [5, 5.41) is 14.5. The van der Waals surface area contributed by atoms with Crippen LogP contribution in [-0.4, -0.2) is 30.6 Å². The quantitative estimate of drug-likeness (QED) is 0.831. The van der Waals surface area contributed by atoms with Crippen LogP contribution in [0.15, 0.2) is 47.1 Å². The molecule has 2 heterocycles. The molecule has 0 spiro atoms. The number of rotatable bonds is 6. The van der Waals surface area contributed by atoms with Crippen molar-refractivity contribution in [1.29, 1.82) is 5.26 Å². The van der Waals surface area contributed by atoms with Crippen LogP contribution < -0.4 is 10.6 Å². The van der Waals surface area contributed by atoms with Gasteiger partial charge in [0.25, 0.3) is 0 Å². The summed E-state index contributed by atoms with van der Waals surface area (Å²) in [7, 11) is 0. The number of nitrogens with zero attached hydrogens (tertiary/aromatic N) is 2. The lowest BCUT2D eigenvalue weighted by Crippen LogP contribution is -2.41. The number of urea groups is 1. The van der Waals surface area contributed by atoms with E-state index in [2.05, 4.69) is 21.6 Å². The average Bonchev–Trinajstić information content (AvgIpc) is 3.19. The molecule has 136 valence electrons. The maximum atomic E-state index is 12.3. The molecule has 2 aromatic rings. The van der Waals surface area contributed by atoms with Gasteiger partial charge >= 0.3 is 6.03 Å².